The first-order valence-electron chi connectivity index (χ1n) is 7.07. The van der Waals surface area contributed by atoms with Crippen LogP contribution in [0.15, 0.2) is 18.2 Å². The minimum absolute atomic E-state index is 0.369. The summed E-state index contributed by atoms with van der Waals surface area (Å²) in [5, 5.41) is 0.797. The molecule has 0 radical (unpaired) electrons. The molecule has 0 aliphatic carbocycles. The lowest BCUT2D eigenvalue weighted by atomic mass is 10.1. The molecule has 3 nitrogen and oxygen atoms in total. The summed E-state index contributed by atoms with van der Waals surface area (Å²) in [6, 6.07) is 5.69. The predicted molar refractivity (Wildman–Crippen MR) is 80.4 cm³/mol. The lowest BCUT2D eigenvalue weighted by Crippen LogP contribution is -2.39. The van der Waals surface area contributed by atoms with E-state index in [1.165, 1.54) is 12.8 Å². The Morgan fingerprint density at radius 3 is 3.11 bits per heavy atom. The number of piperidine rings is 1. The summed E-state index contributed by atoms with van der Waals surface area (Å²) in [4.78, 5) is 2.41. The van der Waals surface area contributed by atoms with E-state index in [9.17, 15) is 0 Å². The second-order valence-corrected chi connectivity index (χ2v) is 5.63. The summed E-state index contributed by atoms with van der Waals surface area (Å²) >= 11 is 6.22. The summed E-state index contributed by atoms with van der Waals surface area (Å²) in [7, 11) is 0. The Balaban J connectivity index is 1.93. The highest BCUT2D eigenvalue weighted by Gasteiger charge is 2.20. The molecule has 2 rings (SSSR count). The Bertz CT molecular complexity index is 411. The number of nitrogens with two attached hydrogens (primary N) is 1. The van der Waals surface area contributed by atoms with Crippen molar-refractivity contribution in [1.82, 2.24) is 4.90 Å². The van der Waals surface area contributed by atoms with Gasteiger partial charge < -0.3 is 10.5 Å². The van der Waals surface area contributed by atoms with Gasteiger partial charge in [0.1, 0.15) is 0 Å². The zero-order chi connectivity index (χ0) is 13.7. The molecule has 106 valence electrons. The number of halogens is 1. The highest BCUT2D eigenvalue weighted by molar-refractivity contribution is 6.31. The minimum Gasteiger partial charge on any atom is -0.399 e. The standard InChI is InChI=1S/C15H23ClN2O/c1-2-8-19-14-4-3-7-18(11-14)10-12-9-13(17)5-6-15(12)16/h5-6,9,14H,2-4,7-8,10-11,17H2,1H3. The smallest absolute Gasteiger partial charge is 0.0702 e. The van der Waals surface area contributed by atoms with Crippen LogP contribution in [-0.2, 0) is 11.3 Å². The number of benzene rings is 1. The number of nitrogens with zero attached hydrogens (tertiary/aromatic N) is 1. The van der Waals surface area contributed by atoms with Crippen LogP contribution >= 0.6 is 11.6 Å². The zero-order valence-corrected chi connectivity index (χ0v) is 12.3. The summed E-state index contributed by atoms with van der Waals surface area (Å²) in [5.74, 6) is 0. The molecule has 1 aromatic carbocycles. The van der Waals surface area contributed by atoms with Crippen LogP contribution in [0.25, 0.3) is 0 Å². The average molecular weight is 283 g/mol. The Morgan fingerprint density at radius 2 is 2.32 bits per heavy atom. The molecule has 1 atom stereocenters. The molecule has 19 heavy (non-hydrogen) atoms. The van der Waals surface area contributed by atoms with E-state index in [2.05, 4.69) is 11.8 Å². The van der Waals surface area contributed by atoms with Crippen molar-refractivity contribution >= 4 is 17.3 Å². The van der Waals surface area contributed by atoms with E-state index in [4.69, 9.17) is 22.1 Å². The van der Waals surface area contributed by atoms with Gasteiger partial charge in [-0.1, -0.05) is 18.5 Å². The second kappa shape index (κ2) is 7.13. The monoisotopic (exact) mass is 282 g/mol. The first kappa shape index (κ1) is 14.6. The van der Waals surface area contributed by atoms with Gasteiger partial charge in [-0.2, -0.15) is 0 Å². The van der Waals surface area contributed by atoms with E-state index in [0.29, 0.717) is 6.10 Å². The highest BCUT2D eigenvalue weighted by Crippen LogP contribution is 2.23. The lowest BCUT2D eigenvalue weighted by Gasteiger charge is -2.32. The molecule has 0 amide bonds. The van der Waals surface area contributed by atoms with Crippen LogP contribution in [0.5, 0.6) is 0 Å². The van der Waals surface area contributed by atoms with Crippen LogP contribution in [0.1, 0.15) is 31.7 Å². The molecule has 1 aliphatic heterocycles. The lowest BCUT2D eigenvalue weighted by molar-refractivity contribution is -0.00221. The van der Waals surface area contributed by atoms with Crippen LogP contribution < -0.4 is 5.73 Å². The molecule has 0 bridgehead atoms. The average Bonchev–Trinajstić information content (AvgIpc) is 2.41. The first-order valence-corrected chi connectivity index (χ1v) is 7.44. The summed E-state index contributed by atoms with van der Waals surface area (Å²) in [5.41, 5.74) is 7.71. The molecule has 1 heterocycles. The van der Waals surface area contributed by atoms with Gasteiger partial charge in [0.05, 0.1) is 6.10 Å². The molecule has 1 aliphatic rings. The van der Waals surface area contributed by atoms with E-state index < -0.39 is 0 Å². The normalized spacial score (nSPS) is 20.6. The maximum Gasteiger partial charge on any atom is 0.0702 e. The minimum atomic E-state index is 0.369. The number of likely N-dealkylation sites (tertiary alicyclic amines) is 1. The van der Waals surface area contributed by atoms with Gasteiger partial charge in [0, 0.05) is 30.4 Å². The molecule has 1 saturated heterocycles. The highest BCUT2D eigenvalue weighted by atomic mass is 35.5. The van der Waals surface area contributed by atoms with Gasteiger partial charge in [0.15, 0.2) is 0 Å². The van der Waals surface area contributed by atoms with Crippen molar-refractivity contribution in [1.29, 1.82) is 0 Å². The van der Waals surface area contributed by atoms with Crippen LogP contribution in [0.4, 0.5) is 5.69 Å². The summed E-state index contributed by atoms with van der Waals surface area (Å²) in [6.07, 6.45) is 3.81. The number of hydrogen-bond donors (Lipinski definition) is 1. The Labute approximate surface area is 120 Å². The molecule has 0 spiro atoms. The van der Waals surface area contributed by atoms with Gasteiger partial charge in [-0.25, -0.2) is 0 Å². The molecule has 0 aromatic heterocycles. The molecular formula is C15H23ClN2O. The van der Waals surface area contributed by atoms with Crippen molar-refractivity contribution in [2.45, 2.75) is 38.8 Å². The van der Waals surface area contributed by atoms with E-state index >= 15 is 0 Å². The first-order chi connectivity index (χ1) is 9.19. The van der Waals surface area contributed by atoms with Crippen molar-refractivity contribution < 1.29 is 4.74 Å². The van der Waals surface area contributed by atoms with Crippen molar-refractivity contribution in [3.8, 4) is 0 Å². The maximum absolute atomic E-state index is 6.22. The van der Waals surface area contributed by atoms with Gasteiger partial charge in [-0.05, 0) is 49.6 Å². The molecule has 0 saturated carbocycles. The molecule has 4 heteroatoms. The fourth-order valence-electron chi connectivity index (χ4n) is 2.53. The number of rotatable bonds is 5. The van der Waals surface area contributed by atoms with Gasteiger partial charge in [-0.15, -0.1) is 0 Å². The van der Waals surface area contributed by atoms with E-state index in [0.717, 1.165) is 48.9 Å². The van der Waals surface area contributed by atoms with E-state index in [1.807, 2.05) is 18.2 Å². The maximum atomic E-state index is 6.22. The second-order valence-electron chi connectivity index (χ2n) is 5.22. The van der Waals surface area contributed by atoms with Crippen molar-refractivity contribution in [3.05, 3.63) is 28.8 Å². The van der Waals surface area contributed by atoms with Crippen molar-refractivity contribution in [3.63, 3.8) is 0 Å². The fraction of sp³-hybridized carbons (Fsp3) is 0.600. The van der Waals surface area contributed by atoms with Crippen molar-refractivity contribution in [2.75, 3.05) is 25.4 Å². The quantitative estimate of drug-likeness (QED) is 0.842. The fourth-order valence-corrected chi connectivity index (χ4v) is 2.71. The van der Waals surface area contributed by atoms with Gasteiger partial charge in [-0.3, -0.25) is 4.90 Å². The van der Waals surface area contributed by atoms with Crippen LogP contribution in [0, 0.1) is 0 Å². The zero-order valence-electron chi connectivity index (χ0n) is 11.6. The number of hydrogen-bond acceptors (Lipinski definition) is 3. The van der Waals surface area contributed by atoms with E-state index in [1.54, 1.807) is 0 Å². The number of anilines is 1. The van der Waals surface area contributed by atoms with Crippen molar-refractivity contribution in [2.24, 2.45) is 0 Å². The Hall–Kier alpha value is -0.770. The van der Waals surface area contributed by atoms with Gasteiger partial charge >= 0.3 is 0 Å². The Morgan fingerprint density at radius 1 is 1.47 bits per heavy atom. The van der Waals surface area contributed by atoms with Crippen LogP contribution in [0.2, 0.25) is 5.02 Å². The number of ether oxygens (including phenoxy) is 1. The molecular weight excluding hydrogens is 260 g/mol. The summed E-state index contributed by atoms with van der Waals surface area (Å²) in [6.45, 7) is 5.96. The third kappa shape index (κ3) is 4.37. The van der Waals surface area contributed by atoms with Gasteiger partial charge in [0.25, 0.3) is 0 Å². The van der Waals surface area contributed by atoms with Crippen LogP contribution in [0.3, 0.4) is 0 Å². The number of nitrogen functional groups attached to an aromatic ring is 1. The topological polar surface area (TPSA) is 38.5 Å². The SMILES string of the molecule is CCCOC1CCCN(Cc2cc(N)ccc2Cl)C1. The van der Waals surface area contributed by atoms with Crippen LogP contribution in [-0.4, -0.2) is 30.7 Å². The molecule has 1 fully saturated rings. The third-order valence-corrected chi connectivity index (χ3v) is 3.85. The predicted octanol–water partition coefficient (Wildman–Crippen LogP) is 3.31. The molecule has 1 aromatic rings. The van der Waals surface area contributed by atoms with Gasteiger partial charge in [0.2, 0.25) is 0 Å². The Kier molecular flexibility index (Phi) is 5.49. The molecule has 2 N–H and O–H groups in total. The van der Waals surface area contributed by atoms with E-state index in [-0.39, 0.29) is 0 Å². The third-order valence-electron chi connectivity index (χ3n) is 3.48. The largest absolute Gasteiger partial charge is 0.399 e. The molecule has 1 unspecified atom stereocenters. The summed E-state index contributed by atoms with van der Waals surface area (Å²) < 4.78 is 5.85.